The SMILES string of the molecule is Cc1ccc(COc2ccc(/C=C3/SC(=S)N(c4ccccc4)C3=O)cc2I)cc1. The van der Waals surface area contributed by atoms with Crippen LogP contribution < -0.4 is 9.64 Å². The lowest BCUT2D eigenvalue weighted by Gasteiger charge is -2.13. The summed E-state index contributed by atoms with van der Waals surface area (Å²) >= 11 is 9.02. The second-order valence-electron chi connectivity index (χ2n) is 6.82. The Balaban J connectivity index is 1.49. The van der Waals surface area contributed by atoms with E-state index in [0.717, 1.165) is 26.1 Å². The molecule has 0 N–H and O–H groups in total. The first-order valence-electron chi connectivity index (χ1n) is 9.32. The average molecular weight is 543 g/mol. The number of hydrogen-bond donors (Lipinski definition) is 0. The number of anilines is 1. The number of carbonyl (C=O) groups is 1. The molecule has 1 fully saturated rings. The van der Waals surface area contributed by atoms with E-state index in [2.05, 4.69) is 53.8 Å². The number of ether oxygens (including phenoxy) is 1. The van der Waals surface area contributed by atoms with Crippen molar-refractivity contribution >= 4 is 68.6 Å². The molecule has 0 bridgehead atoms. The van der Waals surface area contributed by atoms with Crippen molar-refractivity contribution < 1.29 is 9.53 Å². The third kappa shape index (κ3) is 4.77. The van der Waals surface area contributed by atoms with Gasteiger partial charge in [-0.25, -0.2) is 0 Å². The van der Waals surface area contributed by atoms with Crippen LogP contribution in [0.1, 0.15) is 16.7 Å². The average Bonchev–Trinajstić information content (AvgIpc) is 3.02. The Bertz CT molecular complexity index is 1130. The number of halogens is 1. The summed E-state index contributed by atoms with van der Waals surface area (Å²) in [5.74, 6) is 0.732. The first-order chi connectivity index (χ1) is 14.5. The van der Waals surface area contributed by atoms with Gasteiger partial charge in [-0.2, -0.15) is 0 Å². The summed E-state index contributed by atoms with van der Waals surface area (Å²) in [6, 6.07) is 23.7. The number of rotatable bonds is 5. The highest BCUT2D eigenvalue weighted by Gasteiger charge is 2.33. The second-order valence-corrected chi connectivity index (χ2v) is 9.65. The van der Waals surface area contributed by atoms with Crippen molar-refractivity contribution in [1.29, 1.82) is 0 Å². The zero-order chi connectivity index (χ0) is 21.1. The lowest BCUT2D eigenvalue weighted by Crippen LogP contribution is -2.27. The van der Waals surface area contributed by atoms with E-state index in [0.29, 0.717) is 15.8 Å². The quantitative estimate of drug-likeness (QED) is 0.207. The van der Waals surface area contributed by atoms with Gasteiger partial charge in [0.15, 0.2) is 4.32 Å². The van der Waals surface area contributed by atoms with E-state index < -0.39 is 0 Å². The summed E-state index contributed by atoms with van der Waals surface area (Å²) in [5.41, 5.74) is 4.09. The maximum absolute atomic E-state index is 12.9. The Morgan fingerprint density at radius 3 is 2.50 bits per heavy atom. The van der Waals surface area contributed by atoms with Crippen LogP contribution in [0.2, 0.25) is 0 Å². The highest BCUT2D eigenvalue weighted by molar-refractivity contribution is 14.1. The number of benzene rings is 3. The number of nitrogens with zero attached hydrogens (tertiary/aromatic N) is 1. The molecule has 1 aliphatic rings. The van der Waals surface area contributed by atoms with E-state index in [9.17, 15) is 4.79 Å². The van der Waals surface area contributed by atoms with Crippen LogP contribution in [0.5, 0.6) is 5.75 Å². The minimum absolute atomic E-state index is 0.0918. The van der Waals surface area contributed by atoms with Crippen LogP contribution in [0.4, 0.5) is 5.69 Å². The van der Waals surface area contributed by atoms with Crippen molar-refractivity contribution in [3.05, 3.63) is 98.0 Å². The Labute approximate surface area is 199 Å². The van der Waals surface area contributed by atoms with Crippen molar-refractivity contribution in [3.8, 4) is 5.75 Å². The molecular weight excluding hydrogens is 525 g/mol. The molecule has 150 valence electrons. The fourth-order valence-electron chi connectivity index (χ4n) is 2.99. The zero-order valence-corrected chi connectivity index (χ0v) is 20.0. The third-order valence-corrected chi connectivity index (χ3v) is 6.72. The molecule has 0 radical (unpaired) electrons. The van der Waals surface area contributed by atoms with Gasteiger partial charge in [-0.15, -0.1) is 0 Å². The van der Waals surface area contributed by atoms with Crippen LogP contribution in [-0.2, 0) is 11.4 Å². The molecule has 0 unspecified atom stereocenters. The van der Waals surface area contributed by atoms with Crippen LogP contribution in [0.15, 0.2) is 77.7 Å². The van der Waals surface area contributed by atoms with Crippen LogP contribution in [0.3, 0.4) is 0 Å². The molecule has 1 heterocycles. The standard InChI is InChI=1S/C24H18INO2S2/c1-16-7-9-17(10-8-16)15-28-21-12-11-18(13-20(21)25)14-22-23(27)26(24(29)30-22)19-5-3-2-4-6-19/h2-14H,15H2,1H3/b22-14+. The largest absolute Gasteiger partial charge is 0.488 e. The first-order valence-corrected chi connectivity index (χ1v) is 11.6. The summed E-state index contributed by atoms with van der Waals surface area (Å²) in [4.78, 5) is 15.1. The Morgan fingerprint density at radius 1 is 1.07 bits per heavy atom. The van der Waals surface area contributed by atoms with Crippen LogP contribution in [0, 0.1) is 10.5 Å². The molecule has 4 rings (SSSR count). The minimum Gasteiger partial charge on any atom is -0.488 e. The summed E-state index contributed by atoms with van der Waals surface area (Å²) in [7, 11) is 0. The van der Waals surface area contributed by atoms with Crippen molar-refractivity contribution in [3.63, 3.8) is 0 Å². The Morgan fingerprint density at radius 2 is 1.80 bits per heavy atom. The molecular formula is C24H18INO2S2. The van der Waals surface area contributed by atoms with E-state index in [4.69, 9.17) is 17.0 Å². The highest BCUT2D eigenvalue weighted by atomic mass is 127. The van der Waals surface area contributed by atoms with E-state index in [1.165, 1.54) is 17.3 Å². The van der Waals surface area contributed by atoms with Gasteiger partial charge in [0.2, 0.25) is 0 Å². The fourth-order valence-corrected chi connectivity index (χ4v) is 4.98. The van der Waals surface area contributed by atoms with Gasteiger partial charge in [0.05, 0.1) is 14.2 Å². The monoisotopic (exact) mass is 543 g/mol. The Hall–Kier alpha value is -2.16. The molecule has 0 aromatic heterocycles. The minimum atomic E-state index is -0.0918. The number of aryl methyl sites for hydroxylation is 1. The lowest BCUT2D eigenvalue weighted by atomic mass is 10.1. The van der Waals surface area contributed by atoms with Gasteiger partial charge in [-0.1, -0.05) is 78.1 Å². The molecule has 1 aliphatic heterocycles. The maximum atomic E-state index is 12.9. The van der Waals surface area contributed by atoms with Crippen molar-refractivity contribution in [2.75, 3.05) is 4.90 Å². The molecule has 1 saturated heterocycles. The molecule has 3 aromatic rings. The maximum Gasteiger partial charge on any atom is 0.270 e. The van der Waals surface area contributed by atoms with Crippen molar-refractivity contribution in [1.82, 2.24) is 0 Å². The molecule has 0 spiro atoms. The van der Waals surface area contributed by atoms with Gasteiger partial charge in [-0.05, 0) is 71.0 Å². The van der Waals surface area contributed by atoms with Gasteiger partial charge in [0.25, 0.3) is 5.91 Å². The number of carbonyl (C=O) groups excluding carboxylic acids is 1. The number of para-hydroxylation sites is 1. The molecule has 1 amide bonds. The second kappa shape index (κ2) is 9.32. The summed E-state index contributed by atoms with van der Waals surface area (Å²) in [6.07, 6.45) is 1.88. The van der Waals surface area contributed by atoms with Crippen molar-refractivity contribution in [2.45, 2.75) is 13.5 Å². The van der Waals surface area contributed by atoms with E-state index >= 15 is 0 Å². The topological polar surface area (TPSA) is 29.5 Å². The number of thiocarbonyl (C=S) groups is 1. The molecule has 0 atom stereocenters. The molecule has 3 aromatic carbocycles. The molecule has 0 aliphatic carbocycles. The van der Waals surface area contributed by atoms with Gasteiger partial charge in [0.1, 0.15) is 12.4 Å². The molecule has 6 heteroatoms. The van der Waals surface area contributed by atoms with Crippen LogP contribution in [-0.4, -0.2) is 10.2 Å². The van der Waals surface area contributed by atoms with Crippen LogP contribution in [0.25, 0.3) is 6.08 Å². The predicted molar refractivity (Wildman–Crippen MR) is 137 cm³/mol. The van der Waals surface area contributed by atoms with E-state index in [-0.39, 0.29) is 5.91 Å². The van der Waals surface area contributed by atoms with Gasteiger partial charge in [0, 0.05) is 0 Å². The lowest BCUT2D eigenvalue weighted by molar-refractivity contribution is -0.113. The summed E-state index contributed by atoms with van der Waals surface area (Å²) in [5, 5.41) is 0. The fraction of sp³-hybridized carbons (Fsp3) is 0.0833. The zero-order valence-electron chi connectivity index (χ0n) is 16.2. The Kier molecular flexibility index (Phi) is 6.55. The number of hydrogen-bond acceptors (Lipinski definition) is 4. The van der Waals surface area contributed by atoms with E-state index in [1.54, 1.807) is 4.90 Å². The number of thioether (sulfide) groups is 1. The van der Waals surface area contributed by atoms with Crippen molar-refractivity contribution in [2.24, 2.45) is 0 Å². The smallest absolute Gasteiger partial charge is 0.270 e. The normalized spacial score (nSPS) is 15.1. The summed E-state index contributed by atoms with van der Waals surface area (Å²) < 4.78 is 7.51. The van der Waals surface area contributed by atoms with Gasteiger partial charge < -0.3 is 4.74 Å². The highest BCUT2D eigenvalue weighted by Crippen LogP contribution is 2.36. The van der Waals surface area contributed by atoms with Gasteiger partial charge >= 0.3 is 0 Å². The predicted octanol–water partition coefficient (Wildman–Crippen LogP) is 6.58. The molecule has 3 nitrogen and oxygen atoms in total. The van der Waals surface area contributed by atoms with Gasteiger partial charge in [-0.3, -0.25) is 9.69 Å². The van der Waals surface area contributed by atoms with E-state index in [1.807, 2.05) is 54.6 Å². The molecule has 0 saturated carbocycles. The number of amides is 1. The first kappa shape index (κ1) is 21.1. The summed E-state index contributed by atoms with van der Waals surface area (Å²) in [6.45, 7) is 2.59. The van der Waals surface area contributed by atoms with Crippen LogP contribution >= 0.6 is 46.6 Å². The molecule has 30 heavy (non-hydrogen) atoms. The third-order valence-electron chi connectivity index (χ3n) is 4.58.